The van der Waals surface area contributed by atoms with Gasteiger partial charge in [0.1, 0.15) is 5.75 Å². The molecule has 1 heterocycles. The highest BCUT2D eigenvalue weighted by atomic mass is 32.2. The fraction of sp³-hybridized carbons (Fsp3) is 0.478. The van der Waals surface area contributed by atoms with Gasteiger partial charge in [-0.1, -0.05) is 19.1 Å². The number of rotatable bonds is 8. The summed E-state index contributed by atoms with van der Waals surface area (Å²) in [6.07, 6.45) is 4.44. The molecule has 180 valence electrons. The Morgan fingerprint density at radius 1 is 1.15 bits per heavy atom. The summed E-state index contributed by atoms with van der Waals surface area (Å²) in [5, 5.41) is 17.6. The first-order valence-electron chi connectivity index (χ1n) is 11.0. The van der Waals surface area contributed by atoms with Gasteiger partial charge in [0, 0.05) is 25.6 Å². The standard InChI is InChI=1S/C23H30N2O7S/c1-3-4-21(27)24-33(30,31)23(2,29)25-14-13-17(15-22(25)28)16-5-9-19(10-6-16)32-20-11-7-18(26)8-12-20/h5-6,9-10,13-15,18,20,26,29H,3-4,7-8,11-12H2,1-2H3,(H,24,27)/t18?,20?,23-/m1/s1. The van der Waals surface area contributed by atoms with E-state index in [1.165, 1.54) is 18.3 Å². The van der Waals surface area contributed by atoms with Crippen molar-refractivity contribution >= 4 is 15.9 Å². The van der Waals surface area contributed by atoms with Crippen molar-refractivity contribution in [2.75, 3.05) is 0 Å². The molecule has 0 bridgehead atoms. The van der Waals surface area contributed by atoms with E-state index in [1.54, 1.807) is 31.2 Å². The van der Waals surface area contributed by atoms with Crippen molar-refractivity contribution in [2.45, 2.75) is 69.6 Å². The molecule has 33 heavy (non-hydrogen) atoms. The van der Waals surface area contributed by atoms with Crippen LogP contribution in [0.5, 0.6) is 5.75 Å². The van der Waals surface area contributed by atoms with Crippen molar-refractivity contribution in [3.05, 3.63) is 52.9 Å². The second-order valence-electron chi connectivity index (χ2n) is 8.41. The molecule has 0 radical (unpaired) electrons. The Bertz CT molecular complexity index is 1130. The van der Waals surface area contributed by atoms with Crippen LogP contribution in [0.15, 0.2) is 47.4 Å². The van der Waals surface area contributed by atoms with Gasteiger partial charge in [-0.25, -0.2) is 13.1 Å². The van der Waals surface area contributed by atoms with Gasteiger partial charge in [0.15, 0.2) is 0 Å². The summed E-state index contributed by atoms with van der Waals surface area (Å²) in [6.45, 7) is 2.65. The molecule has 1 amide bonds. The number of aliphatic hydroxyl groups excluding tert-OH is 1. The number of nitrogens with zero attached hydrogens (tertiary/aromatic N) is 1. The molecule has 0 spiro atoms. The fourth-order valence-electron chi connectivity index (χ4n) is 3.74. The number of hydrogen-bond donors (Lipinski definition) is 3. The Labute approximate surface area is 193 Å². The monoisotopic (exact) mass is 478 g/mol. The predicted molar refractivity (Wildman–Crippen MR) is 123 cm³/mol. The van der Waals surface area contributed by atoms with Gasteiger partial charge in [0.05, 0.1) is 12.2 Å². The quantitative estimate of drug-likeness (QED) is 0.529. The Morgan fingerprint density at radius 3 is 2.36 bits per heavy atom. The zero-order valence-electron chi connectivity index (χ0n) is 18.7. The van der Waals surface area contributed by atoms with Gasteiger partial charge in [0.25, 0.3) is 20.6 Å². The minimum absolute atomic E-state index is 0.0223. The van der Waals surface area contributed by atoms with Gasteiger partial charge in [0.2, 0.25) is 5.91 Å². The summed E-state index contributed by atoms with van der Waals surface area (Å²) >= 11 is 0. The minimum atomic E-state index is -4.57. The Kier molecular flexibility index (Phi) is 7.61. The number of carbonyl (C=O) groups is 1. The largest absolute Gasteiger partial charge is 0.490 e. The zero-order chi connectivity index (χ0) is 24.2. The summed E-state index contributed by atoms with van der Waals surface area (Å²) in [5.74, 6) is -0.0699. The van der Waals surface area contributed by atoms with Gasteiger partial charge in [-0.2, -0.15) is 0 Å². The van der Waals surface area contributed by atoms with E-state index < -0.39 is 26.5 Å². The molecule has 1 aromatic heterocycles. The van der Waals surface area contributed by atoms with Crippen LogP contribution in [0.3, 0.4) is 0 Å². The maximum absolute atomic E-state index is 12.7. The molecule has 10 heteroatoms. The van der Waals surface area contributed by atoms with Crippen LogP contribution in [0.2, 0.25) is 0 Å². The van der Waals surface area contributed by atoms with Crippen molar-refractivity contribution in [3.63, 3.8) is 0 Å². The van der Waals surface area contributed by atoms with Gasteiger partial charge in [-0.3, -0.25) is 14.2 Å². The second-order valence-corrected chi connectivity index (χ2v) is 10.4. The van der Waals surface area contributed by atoms with Crippen LogP contribution in [-0.2, 0) is 19.9 Å². The van der Waals surface area contributed by atoms with Crippen molar-refractivity contribution in [3.8, 4) is 16.9 Å². The minimum Gasteiger partial charge on any atom is -0.490 e. The number of aromatic nitrogens is 1. The van der Waals surface area contributed by atoms with Crippen molar-refractivity contribution in [1.29, 1.82) is 0 Å². The number of pyridine rings is 1. The Hall–Kier alpha value is -2.69. The predicted octanol–water partition coefficient (Wildman–Crippen LogP) is 2.07. The average Bonchev–Trinajstić information content (AvgIpc) is 2.75. The lowest BCUT2D eigenvalue weighted by Crippen LogP contribution is -2.51. The average molecular weight is 479 g/mol. The molecule has 0 aliphatic heterocycles. The third kappa shape index (κ3) is 5.82. The number of hydrogen-bond acceptors (Lipinski definition) is 7. The number of benzene rings is 1. The first kappa shape index (κ1) is 24.9. The molecular weight excluding hydrogens is 448 g/mol. The number of aliphatic hydroxyl groups is 2. The van der Waals surface area contributed by atoms with Crippen LogP contribution in [0, 0.1) is 0 Å². The SMILES string of the molecule is CCCC(=O)NS(=O)(=O)[C@@](C)(O)n1ccc(-c2ccc(OC3CCC(O)CC3)cc2)cc1=O. The third-order valence-electron chi connectivity index (χ3n) is 5.74. The number of carbonyl (C=O) groups excluding carboxylic acids is 1. The van der Waals surface area contributed by atoms with E-state index >= 15 is 0 Å². The maximum atomic E-state index is 12.7. The van der Waals surface area contributed by atoms with E-state index in [1.807, 2.05) is 4.72 Å². The lowest BCUT2D eigenvalue weighted by molar-refractivity contribution is -0.119. The molecule has 2 aromatic rings. The molecule has 0 saturated heterocycles. The molecule has 1 aromatic carbocycles. The Balaban J connectivity index is 1.76. The maximum Gasteiger partial charge on any atom is 0.285 e. The van der Waals surface area contributed by atoms with Crippen molar-refractivity contribution in [2.24, 2.45) is 0 Å². The number of amides is 1. The van der Waals surface area contributed by atoms with Crippen LogP contribution < -0.4 is 15.0 Å². The number of nitrogens with one attached hydrogen (secondary N) is 1. The first-order chi connectivity index (χ1) is 15.5. The summed E-state index contributed by atoms with van der Waals surface area (Å²) in [4.78, 5) is 24.4. The van der Waals surface area contributed by atoms with Crippen LogP contribution in [0.25, 0.3) is 11.1 Å². The van der Waals surface area contributed by atoms with E-state index in [0.29, 0.717) is 27.9 Å². The number of sulfonamides is 1. The highest BCUT2D eigenvalue weighted by Crippen LogP contribution is 2.27. The van der Waals surface area contributed by atoms with Crippen LogP contribution in [0.4, 0.5) is 0 Å². The lowest BCUT2D eigenvalue weighted by atomic mass is 9.95. The molecule has 1 aliphatic rings. The molecule has 1 saturated carbocycles. The smallest absolute Gasteiger partial charge is 0.285 e. The summed E-state index contributed by atoms with van der Waals surface area (Å²) in [5.41, 5.74) is 0.503. The Morgan fingerprint density at radius 2 is 1.79 bits per heavy atom. The molecular formula is C23H30N2O7S. The van der Waals surface area contributed by atoms with E-state index in [9.17, 15) is 28.2 Å². The van der Waals surface area contributed by atoms with E-state index in [4.69, 9.17) is 4.74 Å². The third-order valence-corrected chi connectivity index (χ3v) is 7.45. The zero-order valence-corrected chi connectivity index (χ0v) is 19.5. The molecule has 3 N–H and O–H groups in total. The van der Waals surface area contributed by atoms with Gasteiger partial charge in [-0.05, 0) is 61.4 Å². The highest BCUT2D eigenvalue weighted by Gasteiger charge is 2.40. The highest BCUT2D eigenvalue weighted by molar-refractivity contribution is 7.90. The summed E-state index contributed by atoms with van der Waals surface area (Å²) in [7, 11) is -4.57. The second kappa shape index (κ2) is 10.1. The topological polar surface area (TPSA) is 135 Å². The molecule has 1 fully saturated rings. The number of ether oxygens (including phenoxy) is 1. The van der Waals surface area contributed by atoms with Crippen molar-refractivity contribution in [1.82, 2.24) is 9.29 Å². The molecule has 1 aliphatic carbocycles. The van der Waals surface area contributed by atoms with Gasteiger partial charge < -0.3 is 14.9 Å². The van der Waals surface area contributed by atoms with Crippen LogP contribution in [-0.4, -0.2) is 41.3 Å². The summed E-state index contributed by atoms with van der Waals surface area (Å²) < 4.78 is 33.4. The van der Waals surface area contributed by atoms with Gasteiger partial charge in [-0.15, -0.1) is 0 Å². The molecule has 1 atom stereocenters. The molecule has 0 unspecified atom stereocenters. The van der Waals surface area contributed by atoms with E-state index in [0.717, 1.165) is 32.6 Å². The van der Waals surface area contributed by atoms with Crippen LogP contribution in [0.1, 0.15) is 52.4 Å². The van der Waals surface area contributed by atoms with E-state index in [-0.39, 0.29) is 18.6 Å². The molecule has 9 nitrogen and oxygen atoms in total. The summed E-state index contributed by atoms with van der Waals surface area (Å²) in [6, 6.07) is 9.87. The fourth-order valence-corrected chi connectivity index (χ4v) is 4.74. The van der Waals surface area contributed by atoms with Crippen LogP contribution >= 0.6 is 0 Å². The lowest BCUT2D eigenvalue weighted by Gasteiger charge is -2.26. The van der Waals surface area contributed by atoms with E-state index in [2.05, 4.69) is 0 Å². The normalized spacial score (nSPS) is 20.6. The molecule has 3 rings (SSSR count). The van der Waals surface area contributed by atoms with Crippen molar-refractivity contribution < 1.29 is 28.2 Å². The first-order valence-corrected chi connectivity index (χ1v) is 12.5. The van der Waals surface area contributed by atoms with Gasteiger partial charge >= 0.3 is 0 Å².